The summed E-state index contributed by atoms with van der Waals surface area (Å²) in [5.41, 5.74) is 4.83. The summed E-state index contributed by atoms with van der Waals surface area (Å²) in [7, 11) is 0. The van der Waals surface area contributed by atoms with Crippen LogP contribution < -0.4 is 0 Å². The Hall–Kier alpha value is -0.770. The van der Waals surface area contributed by atoms with Crippen LogP contribution in [0.25, 0.3) is 9.81 Å². The summed E-state index contributed by atoms with van der Waals surface area (Å²) in [6.07, 6.45) is 0. The number of thiol groups is 2. The summed E-state index contributed by atoms with van der Waals surface area (Å²) in [5, 5.41) is 0. The molecule has 2 rings (SSSR count). The number of aryl methyl sites for hydroxylation is 2. The van der Waals surface area contributed by atoms with Crippen molar-refractivity contribution in [2.45, 2.75) is 25.7 Å². The third-order valence-electron chi connectivity index (χ3n) is 3.25. The molecule has 0 bridgehead atoms. The van der Waals surface area contributed by atoms with Crippen molar-refractivity contribution >= 4 is 46.8 Å². The molecule has 0 heterocycles. The predicted octanol–water partition coefficient (Wildman–Crippen LogP) is 6.10. The lowest BCUT2D eigenvalue weighted by Crippen LogP contribution is -1.93. The number of hydrogen-bond acceptors (Lipinski definition) is 3. The van der Waals surface area contributed by atoms with Crippen molar-refractivity contribution in [2.75, 3.05) is 5.75 Å². The van der Waals surface area contributed by atoms with Gasteiger partial charge in [-0.2, -0.15) is 0 Å². The van der Waals surface area contributed by atoms with Crippen molar-refractivity contribution in [2.24, 2.45) is 0 Å². The van der Waals surface area contributed by atoms with Crippen LogP contribution in [0.2, 0.25) is 0 Å². The van der Waals surface area contributed by atoms with E-state index < -0.39 is 0 Å². The van der Waals surface area contributed by atoms with Gasteiger partial charge in [0, 0.05) is 20.3 Å². The van der Waals surface area contributed by atoms with E-state index in [0.717, 1.165) is 21.1 Å². The summed E-state index contributed by atoms with van der Waals surface area (Å²) in [6, 6.07) is 14.6. The van der Waals surface area contributed by atoms with Crippen LogP contribution in [0.15, 0.2) is 47.4 Å². The van der Waals surface area contributed by atoms with Gasteiger partial charge in [-0.25, -0.2) is 0 Å². The Morgan fingerprint density at radius 2 is 1.67 bits per heavy atom. The Balaban J connectivity index is 2.60. The Bertz CT molecular complexity index is 658. The molecule has 0 nitrogen and oxygen atoms in total. The van der Waals surface area contributed by atoms with Gasteiger partial charge in [0.15, 0.2) is 0 Å². The molecule has 0 spiro atoms. The van der Waals surface area contributed by atoms with E-state index >= 15 is 0 Å². The second-order valence-electron chi connectivity index (χ2n) is 4.95. The standard InChI is InChI=1S/C18H20S3/c1-4-21-15-11-12(2)10-13(3)16(15)18(20)17(19)14-8-6-5-7-9-14/h5-11,19-20H,4H2,1-3H3. The summed E-state index contributed by atoms with van der Waals surface area (Å²) in [5.74, 6) is 1.05. The van der Waals surface area contributed by atoms with Gasteiger partial charge in [-0.15, -0.1) is 37.0 Å². The average molecular weight is 333 g/mol. The maximum atomic E-state index is 4.78. The summed E-state index contributed by atoms with van der Waals surface area (Å²) in [4.78, 5) is 3.14. The van der Waals surface area contributed by atoms with Gasteiger partial charge in [0.25, 0.3) is 0 Å². The molecule has 0 saturated carbocycles. The lowest BCUT2D eigenvalue weighted by molar-refractivity contribution is 1.26. The van der Waals surface area contributed by atoms with Gasteiger partial charge in [0.05, 0.1) is 0 Å². The highest BCUT2D eigenvalue weighted by Gasteiger charge is 2.13. The molecule has 0 saturated heterocycles. The predicted molar refractivity (Wildman–Crippen MR) is 104 cm³/mol. The number of thioether (sulfide) groups is 1. The summed E-state index contributed by atoms with van der Waals surface area (Å²) < 4.78 is 0. The zero-order chi connectivity index (χ0) is 15.4. The number of hydrogen-bond donors (Lipinski definition) is 2. The first-order valence-electron chi connectivity index (χ1n) is 6.96. The molecule has 3 heteroatoms. The number of benzene rings is 2. The summed E-state index contributed by atoms with van der Waals surface area (Å²) in [6.45, 7) is 6.45. The molecular weight excluding hydrogens is 312 g/mol. The average Bonchev–Trinajstić information content (AvgIpc) is 2.46. The van der Waals surface area contributed by atoms with Crippen LogP contribution in [0.3, 0.4) is 0 Å². The molecule has 0 aliphatic rings. The van der Waals surface area contributed by atoms with E-state index in [1.54, 1.807) is 0 Å². The molecule has 0 aliphatic heterocycles. The first kappa shape index (κ1) is 16.6. The topological polar surface area (TPSA) is 0 Å². The van der Waals surface area contributed by atoms with Crippen molar-refractivity contribution in [3.05, 3.63) is 64.7 Å². The summed E-state index contributed by atoms with van der Waals surface area (Å²) >= 11 is 11.3. The first-order chi connectivity index (χ1) is 10.0. The maximum absolute atomic E-state index is 4.78. The highest BCUT2D eigenvalue weighted by molar-refractivity contribution is 7.99. The van der Waals surface area contributed by atoms with Crippen molar-refractivity contribution in [3.8, 4) is 0 Å². The van der Waals surface area contributed by atoms with Gasteiger partial charge in [-0.05, 0) is 42.4 Å². The molecule has 0 aliphatic carbocycles. The van der Waals surface area contributed by atoms with Gasteiger partial charge in [0.1, 0.15) is 0 Å². The van der Waals surface area contributed by atoms with Gasteiger partial charge >= 0.3 is 0 Å². The quantitative estimate of drug-likeness (QED) is 0.387. The van der Waals surface area contributed by atoms with Gasteiger partial charge < -0.3 is 0 Å². The van der Waals surface area contributed by atoms with E-state index in [1.807, 2.05) is 30.0 Å². The highest BCUT2D eigenvalue weighted by atomic mass is 32.2. The molecule has 0 N–H and O–H groups in total. The van der Waals surface area contributed by atoms with E-state index in [1.165, 1.54) is 21.6 Å². The molecule has 0 radical (unpaired) electrons. The maximum Gasteiger partial charge on any atom is 0.0267 e. The molecule has 0 amide bonds. The third-order valence-corrected chi connectivity index (χ3v) is 5.28. The Kier molecular flexibility index (Phi) is 5.91. The number of rotatable bonds is 4. The van der Waals surface area contributed by atoms with Crippen LogP contribution in [-0.4, -0.2) is 5.75 Å². The third kappa shape index (κ3) is 3.91. The van der Waals surface area contributed by atoms with Gasteiger partial charge in [0.2, 0.25) is 0 Å². The van der Waals surface area contributed by atoms with Crippen LogP contribution in [-0.2, 0) is 0 Å². The Morgan fingerprint density at radius 3 is 2.29 bits per heavy atom. The van der Waals surface area contributed by atoms with E-state index in [0.29, 0.717) is 0 Å². The SMILES string of the molecule is CCSc1cc(C)cc(C)c1C(S)=C(S)c1ccccc1. The fraction of sp³-hybridized carbons (Fsp3) is 0.222. The van der Waals surface area contributed by atoms with Crippen LogP contribution in [0, 0.1) is 13.8 Å². The van der Waals surface area contributed by atoms with Gasteiger partial charge in [-0.1, -0.05) is 43.3 Å². The molecule has 0 fully saturated rings. The minimum atomic E-state index is 0.920. The first-order valence-corrected chi connectivity index (χ1v) is 8.84. The molecule has 110 valence electrons. The monoisotopic (exact) mass is 332 g/mol. The largest absolute Gasteiger partial charge is 0.142 e. The van der Waals surface area contributed by atoms with E-state index in [-0.39, 0.29) is 0 Å². The highest BCUT2D eigenvalue weighted by Crippen LogP contribution is 2.39. The molecule has 0 unspecified atom stereocenters. The second-order valence-corrected chi connectivity index (χ2v) is 7.15. The van der Waals surface area contributed by atoms with Crippen LogP contribution in [0.4, 0.5) is 0 Å². The van der Waals surface area contributed by atoms with Crippen LogP contribution in [0.1, 0.15) is 29.2 Å². The fourth-order valence-corrected chi connectivity index (χ4v) is 4.10. The van der Waals surface area contributed by atoms with Gasteiger partial charge in [-0.3, -0.25) is 0 Å². The normalized spacial score (nSPS) is 12.2. The van der Waals surface area contributed by atoms with Crippen molar-refractivity contribution < 1.29 is 0 Å². The molecule has 0 aromatic heterocycles. The second kappa shape index (κ2) is 7.48. The minimum absolute atomic E-state index is 0.920. The van der Waals surface area contributed by atoms with Crippen molar-refractivity contribution in [1.29, 1.82) is 0 Å². The molecular formula is C18H20S3. The molecule has 2 aromatic rings. The van der Waals surface area contributed by atoms with Crippen LogP contribution in [0.5, 0.6) is 0 Å². The smallest absolute Gasteiger partial charge is 0.0267 e. The van der Waals surface area contributed by atoms with E-state index in [2.05, 4.69) is 45.0 Å². The molecule has 2 aromatic carbocycles. The lowest BCUT2D eigenvalue weighted by Gasteiger charge is -2.15. The molecule has 0 atom stereocenters. The van der Waals surface area contributed by atoms with Crippen molar-refractivity contribution in [1.82, 2.24) is 0 Å². The van der Waals surface area contributed by atoms with E-state index in [4.69, 9.17) is 25.3 Å². The zero-order valence-corrected chi connectivity index (χ0v) is 15.2. The van der Waals surface area contributed by atoms with Crippen molar-refractivity contribution in [3.63, 3.8) is 0 Å². The van der Waals surface area contributed by atoms with Crippen LogP contribution >= 0.6 is 37.0 Å². The Morgan fingerprint density at radius 1 is 1.00 bits per heavy atom. The minimum Gasteiger partial charge on any atom is -0.142 e. The fourth-order valence-electron chi connectivity index (χ4n) is 2.35. The molecule has 21 heavy (non-hydrogen) atoms. The van der Waals surface area contributed by atoms with E-state index in [9.17, 15) is 0 Å². The zero-order valence-electron chi connectivity index (χ0n) is 12.6. The lowest BCUT2D eigenvalue weighted by atomic mass is 10.0. The Labute approximate surface area is 142 Å².